The molecule has 1 heterocycles. The molecule has 1 amide bonds. The maximum Gasteiger partial charge on any atom is 0.573 e. The molecular formula is C15H21ClF3N3O4S. The van der Waals surface area contributed by atoms with Crippen LogP contribution in [-0.4, -0.2) is 51.2 Å². The summed E-state index contributed by atoms with van der Waals surface area (Å²) in [6.07, 6.45) is -4.25. The van der Waals surface area contributed by atoms with Crippen LogP contribution < -0.4 is 15.8 Å². The van der Waals surface area contributed by atoms with Crippen LogP contribution in [0.1, 0.15) is 12.8 Å². The molecule has 27 heavy (non-hydrogen) atoms. The van der Waals surface area contributed by atoms with E-state index in [1.54, 1.807) is 0 Å². The number of benzene rings is 1. The van der Waals surface area contributed by atoms with Crippen LogP contribution in [0.3, 0.4) is 0 Å². The molecule has 2 rings (SSSR count). The first-order valence-electron chi connectivity index (χ1n) is 7.97. The summed E-state index contributed by atoms with van der Waals surface area (Å²) in [6, 6.07) is 4.25. The Labute approximate surface area is 161 Å². The smallest absolute Gasteiger partial charge is 0.406 e. The highest BCUT2D eigenvalue weighted by atomic mass is 35.5. The van der Waals surface area contributed by atoms with Gasteiger partial charge in [-0.2, -0.15) is 4.31 Å². The molecular weight excluding hydrogens is 411 g/mol. The van der Waals surface area contributed by atoms with Crippen molar-refractivity contribution in [3.8, 4) is 5.75 Å². The van der Waals surface area contributed by atoms with E-state index in [0.717, 1.165) is 16.4 Å². The number of sulfonamides is 1. The third kappa shape index (κ3) is 6.52. The summed E-state index contributed by atoms with van der Waals surface area (Å²) in [5.41, 5.74) is 5.32. The van der Waals surface area contributed by atoms with Crippen molar-refractivity contribution in [2.75, 3.05) is 26.2 Å². The fourth-order valence-electron chi connectivity index (χ4n) is 2.68. The zero-order valence-corrected chi connectivity index (χ0v) is 15.9. The van der Waals surface area contributed by atoms with Crippen molar-refractivity contribution in [2.45, 2.75) is 24.1 Å². The molecule has 1 aromatic carbocycles. The van der Waals surface area contributed by atoms with Crippen molar-refractivity contribution in [3.63, 3.8) is 0 Å². The van der Waals surface area contributed by atoms with Gasteiger partial charge in [0.25, 0.3) is 0 Å². The number of nitrogens with two attached hydrogens (primary N) is 1. The lowest BCUT2D eigenvalue weighted by molar-refractivity contribution is -0.274. The maximum absolute atomic E-state index is 12.6. The quantitative estimate of drug-likeness (QED) is 0.710. The number of nitrogens with zero attached hydrogens (tertiary/aromatic N) is 1. The van der Waals surface area contributed by atoms with Gasteiger partial charge in [-0.05, 0) is 25.0 Å². The number of ether oxygens (including phenoxy) is 1. The Hall–Kier alpha value is -1.56. The molecule has 12 heteroatoms. The van der Waals surface area contributed by atoms with Gasteiger partial charge in [-0.25, -0.2) is 8.42 Å². The minimum atomic E-state index is -4.91. The van der Waals surface area contributed by atoms with E-state index in [2.05, 4.69) is 10.1 Å². The topological polar surface area (TPSA) is 102 Å². The minimum absolute atomic E-state index is 0. The second kappa shape index (κ2) is 9.58. The maximum atomic E-state index is 12.6. The van der Waals surface area contributed by atoms with Crippen molar-refractivity contribution >= 4 is 28.3 Å². The van der Waals surface area contributed by atoms with Crippen LogP contribution >= 0.6 is 12.4 Å². The van der Waals surface area contributed by atoms with E-state index in [1.807, 2.05) is 0 Å². The Kier molecular flexibility index (Phi) is 8.33. The highest BCUT2D eigenvalue weighted by molar-refractivity contribution is 7.89. The normalized spacial score (nSPS) is 16.4. The van der Waals surface area contributed by atoms with Crippen LogP contribution in [0.4, 0.5) is 13.2 Å². The number of halogens is 4. The Morgan fingerprint density at radius 2 is 1.93 bits per heavy atom. The molecule has 7 nitrogen and oxygen atoms in total. The van der Waals surface area contributed by atoms with Crippen LogP contribution in [0.2, 0.25) is 0 Å². The number of alkyl halides is 3. The van der Waals surface area contributed by atoms with E-state index in [4.69, 9.17) is 5.73 Å². The first-order valence-corrected chi connectivity index (χ1v) is 9.41. The Morgan fingerprint density at radius 1 is 1.30 bits per heavy atom. The van der Waals surface area contributed by atoms with Crippen LogP contribution in [0, 0.1) is 5.92 Å². The molecule has 0 atom stereocenters. The van der Waals surface area contributed by atoms with E-state index in [-0.39, 0.29) is 42.2 Å². The lowest BCUT2D eigenvalue weighted by Crippen LogP contribution is -2.43. The van der Waals surface area contributed by atoms with Gasteiger partial charge in [0, 0.05) is 38.2 Å². The Morgan fingerprint density at radius 3 is 2.48 bits per heavy atom. The molecule has 0 radical (unpaired) electrons. The van der Waals surface area contributed by atoms with Crippen molar-refractivity contribution in [3.05, 3.63) is 24.3 Å². The fraction of sp³-hybridized carbons (Fsp3) is 0.533. The van der Waals surface area contributed by atoms with Crippen molar-refractivity contribution in [1.82, 2.24) is 9.62 Å². The molecule has 0 aliphatic carbocycles. The molecule has 1 aliphatic heterocycles. The van der Waals surface area contributed by atoms with Crippen molar-refractivity contribution in [2.24, 2.45) is 11.7 Å². The molecule has 0 spiro atoms. The van der Waals surface area contributed by atoms with Gasteiger partial charge in [0.2, 0.25) is 15.9 Å². The summed E-state index contributed by atoms with van der Waals surface area (Å²) in [5, 5.41) is 2.66. The molecule has 0 unspecified atom stereocenters. The molecule has 1 saturated heterocycles. The second-order valence-corrected chi connectivity index (χ2v) is 7.72. The molecule has 154 valence electrons. The fourth-order valence-corrected chi connectivity index (χ4v) is 4.18. The molecule has 0 aromatic heterocycles. The standard InChI is InChI=1S/C15H20F3N3O4S.ClH/c16-15(17,18)25-12-2-1-3-13(10-12)26(23,24)21-8-4-11(5-9-21)14(22)20-7-6-19;/h1-3,10-11H,4-9,19H2,(H,20,22);1H. The summed E-state index contributed by atoms with van der Waals surface area (Å²) in [5.74, 6) is -1.09. The number of nitrogens with one attached hydrogen (secondary N) is 1. The molecule has 1 fully saturated rings. The molecule has 3 N–H and O–H groups in total. The largest absolute Gasteiger partial charge is 0.573 e. The highest BCUT2D eigenvalue weighted by Crippen LogP contribution is 2.28. The highest BCUT2D eigenvalue weighted by Gasteiger charge is 2.34. The predicted octanol–water partition coefficient (Wildman–Crippen LogP) is 1.48. The minimum Gasteiger partial charge on any atom is -0.406 e. The Bertz CT molecular complexity index is 738. The monoisotopic (exact) mass is 431 g/mol. The lowest BCUT2D eigenvalue weighted by atomic mass is 9.97. The first-order chi connectivity index (χ1) is 12.1. The SMILES string of the molecule is Cl.NCCNC(=O)C1CCN(S(=O)(=O)c2cccc(OC(F)(F)F)c2)CC1. The first kappa shape index (κ1) is 23.5. The van der Waals surface area contributed by atoms with E-state index < -0.39 is 22.1 Å². The van der Waals surface area contributed by atoms with Crippen LogP contribution in [0.5, 0.6) is 5.75 Å². The van der Waals surface area contributed by atoms with Gasteiger partial charge in [0.05, 0.1) is 4.90 Å². The second-order valence-electron chi connectivity index (χ2n) is 5.78. The summed E-state index contributed by atoms with van der Waals surface area (Å²) in [7, 11) is -3.97. The van der Waals surface area contributed by atoms with Gasteiger partial charge < -0.3 is 15.8 Å². The van der Waals surface area contributed by atoms with Crippen molar-refractivity contribution < 1.29 is 31.1 Å². The molecule has 1 aliphatic rings. The molecule has 0 saturated carbocycles. The zero-order chi connectivity index (χ0) is 19.4. The van der Waals surface area contributed by atoms with Crippen LogP contribution in [0.25, 0.3) is 0 Å². The lowest BCUT2D eigenvalue weighted by Gasteiger charge is -2.30. The van der Waals surface area contributed by atoms with Crippen LogP contribution in [-0.2, 0) is 14.8 Å². The summed E-state index contributed by atoms with van der Waals surface area (Å²) >= 11 is 0. The third-order valence-electron chi connectivity index (χ3n) is 3.95. The zero-order valence-electron chi connectivity index (χ0n) is 14.2. The number of carbonyl (C=O) groups excluding carboxylic acids is 1. The summed E-state index contributed by atoms with van der Waals surface area (Å²) < 4.78 is 67.1. The average Bonchev–Trinajstić information content (AvgIpc) is 2.58. The predicted molar refractivity (Wildman–Crippen MR) is 93.9 cm³/mol. The van der Waals surface area contributed by atoms with E-state index in [1.165, 1.54) is 12.1 Å². The number of rotatable bonds is 6. The molecule has 0 bridgehead atoms. The third-order valence-corrected chi connectivity index (χ3v) is 5.84. The number of hydrogen-bond donors (Lipinski definition) is 2. The van der Waals surface area contributed by atoms with Gasteiger partial charge >= 0.3 is 6.36 Å². The summed E-state index contributed by atoms with van der Waals surface area (Å²) in [4.78, 5) is 11.6. The summed E-state index contributed by atoms with van der Waals surface area (Å²) in [6.45, 7) is 0.874. The average molecular weight is 432 g/mol. The van der Waals surface area contributed by atoms with E-state index >= 15 is 0 Å². The van der Waals surface area contributed by atoms with Gasteiger partial charge in [-0.15, -0.1) is 25.6 Å². The number of amides is 1. The van der Waals surface area contributed by atoms with Crippen LogP contribution in [0.15, 0.2) is 29.2 Å². The van der Waals surface area contributed by atoms with Gasteiger partial charge in [-0.1, -0.05) is 6.07 Å². The Balaban J connectivity index is 0.00000364. The van der Waals surface area contributed by atoms with Gasteiger partial charge in [0.15, 0.2) is 0 Å². The number of hydrogen-bond acceptors (Lipinski definition) is 5. The van der Waals surface area contributed by atoms with Crippen molar-refractivity contribution in [1.29, 1.82) is 0 Å². The van der Waals surface area contributed by atoms with Gasteiger partial charge in [-0.3, -0.25) is 4.79 Å². The molecule has 1 aromatic rings. The van der Waals surface area contributed by atoms with E-state index in [9.17, 15) is 26.4 Å². The number of piperidine rings is 1. The van der Waals surface area contributed by atoms with E-state index in [0.29, 0.717) is 25.9 Å². The van der Waals surface area contributed by atoms with Gasteiger partial charge in [0.1, 0.15) is 5.75 Å². The number of carbonyl (C=O) groups is 1.